The fourth-order valence-electron chi connectivity index (χ4n) is 3.15. The first-order chi connectivity index (χ1) is 14.9. The molecule has 2 unspecified atom stereocenters. The van der Waals surface area contributed by atoms with Crippen LogP contribution < -0.4 is 5.32 Å². The van der Waals surface area contributed by atoms with Crippen molar-refractivity contribution in [2.45, 2.75) is 32.9 Å². The van der Waals surface area contributed by atoms with Crippen molar-refractivity contribution in [2.24, 2.45) is 0 Å². The largest absolute Gasteiger partial charge is 0.449 e. The molecule has 3 rings (SSSR count). The van der Waals surface area contributed by atoms with E-state index in [9.17, 15) is 14.4 Å². The van der Waals surface area contributed by atoms with Crippen molar-refractivity contribution in [3.63, 3.8) is 0 Å². The van der Waals surface area contributed by atoms with Crippen LogP contribution in [0.15, 0.2) is 78.9 Å². The van der Waals surface area contributed by atoms with Crippen LogP contribution in [0.25, 0.3) is 0 Å². The second-order valence-corrected chi connectivity index (χ2v) is 7.43. The maximum Gasteiger partial charge on any atom is 0.339 e. The van der Waals surface area contributed by atoms with E-state index in [1.165, 1.54) is 13.0 Å². The summed E-state index contributed by atoms with van der Waals surface area (Å²) in [6.07, 6.45) is -1.01. The normalized spacial score (nSPS) is 12.5. The zero-order valence-corrected chi connectivity index (χ0v) is 17.8. The van der Waals surface area contributed by atoms with Gasteiger partial charge in [0.25, 0.3) is 5.91 Å². The van der Waals surface area contributed by atoms with Gasteiger partial charge in [-0.2, -0.15) is 0 Å². The lowest BCUT2D eigenvalue weighted by Gasteiger charge is -2.19. The smallest absolute Gasteiger partial charge is 0.339 e. The maximum atomic E-state index is 12.9. The third kappa shape index (κ3) is 5.45. The van der Waals surface area contributed by atoms with E-state index in [1.807, 2.05) is 56.3 Å². The van der Waals surface area contributed by atoms with Gasteiger partial charge in [0.1, 0.15) is 0 Å². The predicted octanol–water partition coefficient (Wildman–Crippen LogP) is 4.65. The molecule has 3 aromatic rings. The van der Waals surface area contributed by atoms with Crippen molar-refractivity contribution in [1.29, 1.82) is 0 Å². The molecule has 1 N–H and O–H groups in total. The third-order valence-electron chi connectivity index (χ3n) is 5.02. The Labute approximate surface area is 182 Å². The van der Waals surface area contributed by atoms with Gasteiger partial charge in [0, 0.05) is 11.1 Å². The molecule has 0 aliphatic rings. The molecule has 158 valence electrons. The standard InChI is InChI=1S/C26H25NO4/c1-17-13-15-21(16-14-17)24(28)22-11-7-8-12-23(22)26(30)31-19(3)25(29)27-18(2)20-9-5-4-6-10-20/h4-16,18-19H,1-3H3,(H,27,29). The molecule has 0 spiro atoms. The molecule has 31 heavy (non-hydrogen) atoms. The first-order valence-corrected chi connectivity index (χ1v) is 10.1. The average molecular weight is 415 g/mol. The van der Waals surface area contributed by atoms with Gasteiger partial charge < -0.3 is 10.1 Å². The highest BCUT2D eigenvalue weighted by Gasteiger charge is 2.24. The minimum absolute atomic E-state index is 0.129. The van der Waals surface area contributed by atoms with E-state index in [4.69, 9.17) is 4.74 Å². The number of benzene rings is 3. The molecule has 0 saturated heterocycles. The summed E-state index contributed by atoms with van der Waals surface area (Å²) in [4.78, 5) is 38.2. The van der Waals surface area contributed by atoms with Crippen molar-refractivity contribution >= 4 is 17.7 Å². The molecule has 5 nitrogen and oxygen atoms in total. The second kappa shape index (κ2) is 9.85. The van der Waals surface area contributed by atoms with Crippen LogP contribution in [0.5, 0.6) is 0 Å². The summed E-state index contributed by atoms with van der Waals surface area (Å²) >= 11 is 0. The van der Waals surface area contributed by atoms with Crippen molar-refractivity contribution < 1.29 is 19.1 Å². The summed E-state index contributed by atoms with van der Waals surface area (Å²) in [5.74, 6) is -1.40. The van der Waals surface area contributed by atoms with Crippen molar-refractivity contribution in [2.75, 3.05) is 0 Å². The van der Waals surface area contributed by atoms with Gasteiger partial charge in [0.15, 0.2) is 11.9 Å². The Morgan fingerprint density at radius 2 is 1.35 bits per heavy atom. The zero-order valence-electron chi connectivity index (χ0n) is 17.8. The van der Waals surface area contributed by atoms with Gasteiger partial charge in [-0.1, -0.05) is 78.4 Å². The molecule has 1 amide bonds. The number of carbonyl (C=O) groups is 3. The topological polar surface area (TPSA) is 72.5 Å². The van der Waals surface area contributed by atoms with Crippen molar-refractivity contribution in [3.05, 3.63) is 107 Å². The lowest BCUT2D eigenvalue weighted by molar-refractivity contribution is -0.129. The van der Waals surface area contributed by atoms with Crippen LogP contribution in [0.1, 0.15) is 57.3 Å². The second-order valence-electron chi connectivity index (χ2n) is 7.43. The monoisotopic (exact) mass is 415 g/mol. The van der Waals surface area contributed by atoms with Crippen LogP contribution in [-0.4, -0.2) is 23.8 Å². The van der Waals surface area contributed by atoms with E-state index in [1.54, 1.807) is 30.3 Å². The molecule has 0 saturated carbocycles. The van der Waals surface area contributed by atoms with Crippen molar-refractivity contribution in [3.8, 4) is 0 Å². The highest BCUT2D eigenvalue weighted by molar-refractivity contribution is 6.14. The van der Waals surface area contributed by atoms with Gasteiger partial charge >= 0.3 is 5.97 Å². The SMILES string of the molecule is Cc1ccc(C(=O)c2ccccc2C(=O)OC(C)C(=O)NC(C)c2ccccc2)cc1. The lowest BCUT2D eigenvalue weighted by Crippen LogP contribution is -2.37. The number of carbonyl (C=O) groups excluding carboxylic acids is 3. The van der Waals surface area contributed by atoms with E-state index < -0.39 is 18.0 Å². The molecule has 3 aromatic carbocycles. The third-order valence-corrected chi connectivity index (χ3v) is 5.02. The summed E-state index contributed by atoms with van der Waals surface area (Å²) in [7, 11) is 0. The van der Waals surface area contributed by atoms with Crippen molar-refractivity contribution in [1.82, 2.24) is 5.32 Å². The van der Waals surface area contributed by atoms with E-state index in [0.717, 1.165) is 11.1 Å². The van der Waals surface area contributed by atoms with Gasteiger partial charge in [0.05, 0.1) is 11.6 Å². The number of nitrogens with one attached hydrogen (secondary N) is 1. The molecule has 0 aliphatic carbocycles. The van der Waals surface area contributed by atoms with Crippen LogP contribution in [0.4, 0.5) is 0 Å². The Hall–Kier alpha value is -3.73. The highest BCUT2D eigenvalue weighted by atomic mass is 16.5. The number of ketones is 1. The first kappa shape index (κ1) is 22.0. The van der Waals surface area contributed by atoms with Crippen LogP contribution >= 0.6 is 0 Å². The quantitative estimate of drug-likeness (QED) is 0.450. The minimum Gasteiger partial charge on any atom is -0.449 e. The number of aryl methyl sites for hydroxylation is 1. The molecule has 0 aromatic heterocycles. The number of ether oxygens (including phenoxy) is 1. The summed E-state index contributed by atoms with van der Waals surface area (Å²) in [5, 5.41) is 2.84. The van der Waals surface area contributed by atoms with E-state index in [2.05, 4.69) is 5.32 Å². The summed E-state index contributed by atoms with van der Waals surface area (Å²) in [6, 6.07) is 22.9. The lowest BCUT2D eigenvalue weighted by atomic mass is 9.98. The molecular weight excluding hydrogens is 390 g/mol. The highest BCUT2D eigenvalue weighted by Crippen LogP contribution is 2.18. The first-order valence-electron chi connectivity index (χ1n) is 10.1. The van der Waals surface area contributed by atoms with E-state index >= 15 is 0 Å². The molecule has 5 heteroatoms. The Bertz CT molecular complexity index is 1070. The molecule has 0 radical (unpaired) electrons. The Kier molecular flexibility index (Phi) is 6.98. The number of hydrogen-bond donors (Lipinski definition) is 1. The van der Waals surface area contributed by atoms with Crippen LogP contribution in [0.3, 0.4) is 0 Å². The van der Waals surface area contributed by atoms with Crippen LogP contribution in [-0.2, 0) is 9.53 Å². The Morgan fingerprint density at radius 1 is 0.774 bits per heavy atom. The Morgan fingerprint density at radius 3 is 2.00 bits per heavy atom. The van der Waals surface area contributed by atoms with Gasteiger partial charge in [-0.25, -0.2) is 4.79 Å². The molecule has 0 aliphatic heterocycles. The van der Waals surface area contributed by atoms with Gasteiger partial charge in [0.2, 0.25) is 0 Å². The Balaban J connectivity index is 1.71. The molecule has 0 bridgehead atoms. The van der Waals surface area contributed by atoms with Gasteiger partial charge in [-0.05, 0) is 32.4 Å². The number of hydrogen-bond acceptors (Lipinski definition) is 4. The summed E-state index contributed by atoms with van der Waals surface area (Å²) < 4.78 is 5.38. The van der Waals surface area contributed by atoms with Gasteiger partial charge in [-0.3, -0.25) is 9.59 Å². The number of rotatable bonds is 7. The summed E-state index contributed by atoms with van der Waals surface area (Å²) in [6.45, 7) is 5.30. The summed E-state index contributed by atoms with van der Waals surface area (Å²) in [5.41, 5.74) is 2.83. The zero-order chi connectivity index (χ0) is 22.4. The number of amides is 1. The van der Waals surface area contributed by atoms with E-state index in [-0.39, 0.29) is 23.0 Å². The molecule has 0 heterocycles. The van der Waals surface area contributed by atoms with E-state index in [0.29, 0.717) is 5.56 Å². The van der Waals surface area contributed by atoms with Gasteiger partial charge in [-0.15, -0.1) is 0 Å². The fourth-order valence-corrected chi connectivity index (χ4v) is 3.15. The maximum absolute atomic E-state index is 12.9. The van der Waals surface area contributed by atoms with Crippen LogP contribution in [0.2, 0.25) is 0 Å². The molecule has 2 atom stereocenters. The molecular formula is C26H25NO4. The average Bonchev–Trinajstić information content (AvgIpc) is 2.79. The predicted molar refractivity (Wildman–Crippen MR) is 119 cm³/mol. The number of esters is 1. The van der Waals surface area contributed by atoms with Crippen LogP contribution in [0, 0.1) is 6.92 Å². The minimum atomic E-state index is -1.01. The molecule has 0 fully saturated rings. The fraction of sp³-hybridized carbons (Fsp3) is 0.192.